The van der Waals surface area contributed by atoms with E-state index < -0.39 is 0 Å². The molecule has 5 N–H and O–H groups in total. The fourth-order valence-corrected chi connectivity index (χ4v) is 0.738. The van der Waals surface area contributed by atoms with Gasteiger partial charge in [0.1, 0.15) is 0 Å². The lowest BCUT2D eigenvalue weighted by Crippen LogP contribution is -2.11. The highest BCUT2D eigenvalue weighted by atomic mass is 16.1. The minimum atomic E-state index is -0.271. The van der Waals surface area contributed by atoms with Gasteiger partial charge in [-0.3, -0.25) is 0 Å². The molecule has 0 bridgehead atoms. The van der Waals surface area contributed by atoms with E-state index in [1.54, 1.807) is 6.92 Å². The van der Waals surface area contributed by atoms with Gasteiger partial charge < -0.3 is 15.9 Å². The lowest BCUT2D eigenvalue weighted by Gasteiger charge is -1.90. The Kier molecular flexibility index (Phi) is 5.21. The molecule has 0 aromatic carbocycles. The summed E-state index contributed by atoms with van der Waals surface area (Å²) in [6.07, 6.45) is 0. The fourth-order valence-electron chi connectivity index (χ4n) is 0.738. The Morgan fingerprint density at radius 2 is 1.91 bits per heavy atom. The van der Waals surface area contributed by atoms with Crippen molar-refractivity contribution in [3.8, 4) is 0 Å². The quantitative estimate of drug-likeness (QED) is 0.511. The van der Waals surface area contributed by atoms with Crippen LogP contribution in [0, 0.1) is 13.8 Å². The molecular weight excluding hydrogens is 148 g/mol. The minimum Gasteiger partial charge on any atom is -0.412 e. The molecule has 0 saturated heterocycles. The summed E-state index contributed by atoms with van der Waals surface area (Å²) in [4.78, 5) is 16.7. The molecule has 1 heterocycles. The van der Waals surface area contributed by atoms with Gasteiger partial charge in [-0.2, -0.15) is 4.98 Å². The number of aromatic amines is 1. The fraction of sp³-hybridized carbons (Fsp3) is 0.333. The van der Waals surface area contributed by atoms with Crippen LogP contribution >= 0.6 is 0 Å². The van der Waals surface area contributed by atoms with E-state index in [9.17, 15) is 4.79 Å². The normalized spacial score (nSPS) is 7.82. The first-order valence-electron chi connectivity index (χ1n) is 2.73. The second-order valence-electron chi connectivity index (χ2n) is 2.01. The summed E-state index contributed by atoms with van der Waals surface area (Å²) in [5, 5.41) is 0. The number of rotatable bonds is 0. The van der Waals surface area contributed by atoms with Crippen molar-refractivity contribution in [2.24, 2.45) is 0 Å². The number of aromatic nitrogens is 2. The van der Waals surface area contributed by atoms with Crippen molar-refractivity contribution in [2.45, 2.75) is 13.8 Å². The molecule has 0 spiro atoms. The summed E-state index contributed by atoms with van der Waals surface area (Å²) in [6, 6.07) is 1.82. The monoisotopic (exact) mass is 160 g/mol. The SMILES string of the molecule is Cc1cc(C)[nH]c(=O)n1.O.O. The second kappa shape index (κ2) is 4.59. The predicted octanol–water partition coefficient (Wildman–Crippen LogP) is -1.26. The van der Waals surface area contributed by atoms with Gasteiger partial charge in [0.15, 0.2) is 0 Å². The van der Waals surface area contributed by atoms with Crippen molar-refractivity contribution in [3.05, 3.63) is 27.9 Å². The number of hydrogen-bond donors (Lipinski definition) is 1. The summed E-state index contributed by atoms with van der Waals surface area (Å²) >= 11 is 0. The Morgan fingerprint density at radius 1 is 1.36 bits per heavy atom. The van der Waals surface area contributed by atoms with E-state index in [0.717, 1.165) is 11.4 Å². The van der Waals surface area contributed by atoms with Gasteiger partial charge in [0.05, 0.1) is 0 Å². The molecular formula is C6H12N2O3. The van der Waals surface area contributed by atoms with E-state index in [4.69, 9.17) is 0 Å². The number of aryl methyl sites for hydroxylation is 2. The average Bonchev–Trinajstić information content (AvgIpc) is 1.59. The van der Waals surface area contributed by atoms with E-state index in [-0.39, 0.29) is 16.6 Å². The van der Waals surface area contributed by atoms with Crippen LogP contribution in [-0.4, -0.2) is 20.9 Å². The first kappa shape index (κ1) is 12.5. The summed E-state index contributed by atoms with van der Waals surface area (Å²) in [6.45, 7) is 3.62. The van der Waals surface area contributed by atoms with Crippen molar-refractivity contribution in [1.29, 1.82) is 0 Å². The lowest BCUT2D eigenvalue weighted by molar-refractivity contribution is 0.823. The van der Waals surface area contributed by atoms with E-state index in [1.165, 1.54) is 0 Å². The number of nitrogens with zero attached hydrogens (tertiary/aromatic N) is 1. The Bertz CT molecular complexity index is 246. The summed E-state index contributed by atoms with van der Waals surface area (Å²) in [5.41, 5.74) is 1.34. The molecule has 0 saturated carbocycles. The Balaban J connectivity index is 0. The third-order valence-corrected chi connectivity index (χ3v) is 1.01. The second-order valence-corrected chi connectivity index (χ2v) is 2.01. The van der Waals surface area contributed by atoms with Gasteiger partial charge in [-0.1, -0.05) is 0 Å². The van der Waals surface area contributed by atoms with Gasteiger partial charge in [-0.15, -0.1) is 0 Å². The largest absolute Gasteiger partial charge is 0.412 e. The van der Waals surface area contributed by atoms with Crippen molar-refractivity contribution >= 4 is 0 Å². The molecule has 0 amide bonds. The molecule has 0 unspecified atom stereocenters. The Hall–Kier alpha value is -1.20. The lowest BCUT2D eigenvalue weighted by atomic mass is 10.4. The van der Waals surface area contributed by atoms with Crippen LogP contribution in [-0.2, 0) is 0 Å². The van der Waals surface area contributed by atoms with Crippen molar-refractivity contribution < 1.29 is 11.0 Å². The molecule has 0 fully saturated rings. The summed E-state index contributed by atoms with van der Waals surface area (Å²) in [7, 11) is 0. The Labute approximate surface area is 63.7 Å². The average molecular weight is 160 g/mol. The van der Waals surface area contributed by atoms with Crippen LogP contribution < -0.4 is 5.69 Å². The first-order valence-corrected chi connectivity index (χ1v) is 2.73. The molecule has 0 aliphatic carbocycles. The molecule has 11 heavy (non-hydrogen) atoms. The van der Waals surface area contributed by atoms with Crippen LogP contribution in [0.2, 0.25) is 0 Å². The highest BCUT2D eigenvalue weighted by molar-refractivity contribution is 5.03. The third-order valence-electron chi connectivity index (χ3n) is 1.01. The van der Waals surface area contributed by atoms with Gasteiger partial charge in [0.25, 0.3) is 0 Å². The highest BCUT2D eigenvalue weighted by Gasteiger charge is 1.88. The maximum absolute atomic E-state index is 10.5. The molecule has 0 aliphatic heterocycles. The molecule has 5 nitrogen and oxygen atoms in total. The smallest absolute Gasteiger partial charge is 0.345 e. The first-order chi connectivity index (χ1) is 4.18. The maximum atomic E-state index is 10.5. The van der Waals surface area contributed by atoms with Gasteiger partial charge in [-0.25, -0.2) is 4.79 Å². The minimum absolute atomic E-state index is 0. The van der Waals surface area contributed by atoms with Crippen LogP contribution in [0.25, 0.3) is 0 Å². The van der Waals surface area contributed by atoms with Crippen molar-refractivity contribution in [2.75, 3.05) is 0 Å². The van der Waals surface area contributed by atoms with E-state index in [2.05, 4.69) is 9.97 Å². The zero-order valence-corrected chi connectivity index (χ0v) is 6.43. The zero-order valence-electron chi connectivity index (χ0n) is 6.43. The number of H-pyrrole nitrogens is 1. The van der Waals surface area contributed by atoms with E-state index >= 15 is 0 Å². The van der Waals surface area contributed by atoms with Crippen molar-refractivity contribution in [3.63, 3.8) is 0 Å². The summed E-state index contributed by atoms with van der Waals surface area (Å²) in [5.74, 6) is 0. The van der Waals surface area contributed by atoms with Gasteiger partial charge in [0, 0.05) is 11.4 Å². The number of hydrogen-bond acceptors (Lipinski definition) is 2. The predicted molar refractivity (Wildman–Crippen MR) is 41.6 cm³/mol. The maximum Gasteiger partial charge on any atom is 0.345 e. The van der Waals surface area contributed by atoms with Crippen LogP contribution in [0.15, 0.2) is 10.9 Å². The van der Waals surface area contributed by atoms with Crippen LogP contribution in [0.3, 0.4) is 0 Å². The molecule has 0 atom stereocenters. The van der Waals surface area contributed by atoms with Crippen LogP contribution in [0.5, 0.6) is 0 Å². The molecule has 1 rings (SSSR count). The van der Waals surface area contributed by atoms with E-state index in [0.29, 0.717) is 0 Å². The molecule has 0 aliphatic rings. The third kappa shape index (κ3) is 3.49. The molecule has 1 aromatic heterocycles. The van der Waals surface area contributed by atoms with Gasteiger partial charge in [0.2, 0.25) is 0 Å². The molecule has 5 heteroatoms. The number of nitrogens with one attached hydrogen (secondary N) is 1. The standard InChI is InChI=1S/C6H8N2O.2H2O/c1-4-3-5(2)8-6(9)7-4;;/h3H,1-2H3,(H,7,8,9);2*1H2. The highest BCUT2D eigenvalue weighted by Crippen LogP contribution is 1.88. The van der Waals surface area contributed by atoms with E-state index in [1.807, 2.05) is 13.0 Å². The van der Waals surface area contributed by atoms with Crippen LogP contribution in [0.1, 0.15) is 11.4 Å². The van der Waals surface area contributed by atoms with Gasteiger partial charge >= 0.3 is 5.69 Å². The zero-order chi connectivity index (χ0) is 6.85. The van der Waals surface area contributed by atoms with Crippen molar-refractivity contribution in [1.82, 2.24) is 9.97 Å². The molecule has 0 radical (unpaired) electrons. The van der Waals surface area contributed by atoms with Crippen LogP contribution in [0.4, 0.5) is 0 Å². The molecule has 1 aromatic rings. The molecule has 64 valence electrons. The summed E-state index contributed by atoms with van der Waals surface area (Å²) < 4.78 is 0. The topological polar surface area (TPSA) is 109 Å². The van der Waals surface area contributed by atoms with Gasteiger partial charge in [-0.05, 0) is 19.9 Å². The Morgan fingerprint density at radius 3 is 2.27 bits per heavy atom.